The Kier molecular flexibility index (Phi) is 4.65. The van der Waals surface area contributed by atoms with Gasteiger partial charge in [0.1, 0.15) is 5.25 Å². The molecule has 1 rings (SSSR count). The van der Waals surface area contributed by atoms with Gasteiger partial charge < -0.3 is 9.84 Å². The molecule has 0 aliphatic rings. The van der Waals surface area contributed by atoms with Gasteiger partial charge in [-0.3, -0.25) is 4.79 Å². The summed E-state index contributed by atoms with van der Waals surface area (Å²) in [7, 11) is 1.63. The predicted molar refractivity (Wildman–Crippen MR) is 61.3 cm³/mol. The molecule has 0 fully saturated rings. The molecular weight excluding hydrogens is 212 g/mol. The van der Waals surface area contributed by atoms with Crippen LogP contribution in [0.3, 0.4) is 0 Å². The lowest BCUT2D eigenvalue weighted by molar-refractivity contribution is -0.136. The van der Waals surface area contributed by atoms with Gasteiger partial charge >= 0.3 is 5.97 Å². The molecular formula is C11H14O3S. The van der Waals surface area contributed by atoms with Crippen LogP contribution in [0.4, 0.5) is 0 Å². The standard InChI is InChI=1S/C11H14O3S/c1-14-7-9-4-2-3-8(5-9)6-10(15)11(12)13/h2-5,10,15H,6-7H2,1H3,(H,12,13). The highest BCUT2D eigenvalue weighted by molar-refractivity contribution is 7.81. The Morgan fingerprint density at radius 3 is 2.80 bits per heavy atom. The monoisotopic (exact) mass is 226 g/mol. The average Bonchev–Trinajstić information content (AvgIpc) is 2.18. The van der Waals surface area contributed by atoms with E-state index in [0.29, 0.717) is 13.0 Å². The fourth-order valence-electron chi connectivity index (χ4n) is 1.32. The number of hydrogen-bond donors (Lipinski definition) is 2. The van der Waals surface area contributed by atoms with E-state index in [1.54, 1.807) is 7.11 Å². The van der Waals surface area contributed by atoms with Gasteiger partial charge in [0.25, 0.3) is 0 Å². The van der Waals surface area contributed by atoms with Gasteiger partial charge in [-0.1, -0.05) is 24.3 Å². The summed E-state index contributed by atoms with van der Waals surface area (Å²) >= 11 is 3.99. The minimum atomic E-state index is -0.893. The van der Waals surface area contributed by atoms with Crippen LogP contribution in [0.5, 0.6) is 0 Å². The molecule has 15 heavy (non-hydrogen) atoms. The van der Waals surface area contributed by atoms with Crippen molar-refractivity contribution >= 4 is 18.6 Å². The predicted octanol–water partition coefficient (Wildman–Crippen LogP) is 1.76. The van der Waals surface area contributed by atoms with Gasteiger partial charge in [0.2, 0.25) is 0 Å². The summed E-state index contributed by atoms with van der Waals surface area (Å²) in [5.41, 5.74) is 2.01. The minimum absolute atomic E-state index is 0.427. The number of hydrogen-bond acceptors (Lipinski definition) is 3. The van der Waals surface area contributed by atoms with Gasteiger partial charge in [0.15, 0.2) is 0 Å². The third kappa shape index (κ3) is 3.93. The van der Waals surface area contributed by atoms with Crippen molar-refractivity contribution in [3.05, 3.63) is 35.4 Å². The molecule has 0 saturated heterocycles. The Morgan fingerprint density at radius 2 is 2.20 bits per heavy atom. The van der Waals surface area contributed by atoms with Gasteiger partial charge in [0, 0.05) is 7.11 Å². The highest BCUT2D eigenvalue weighted by Gasteiger charge is 2.12. The molecule has 4 heteroatoms. The normalized spacial score (nSPS) is 12.4. The van der Waals surface area contributed by atoms with Gasteiger partial charge in [-0.15, -0.1) is 0 Å². The van der Waals surface area contributed by atoms with Crippen molar-refractivity contribution in [2.24, 2.45) is 0 Å². The van der Waals surface area contributed by atoms with Crippen LogP contribution in [0.25, 0.3) is 0 Å². The quantitative estimate of drug-likeness (QED) is 0.752. The first-order valence-corrected chi connectivity index (χ1v) is 5.12. The first kappa shape index (κ1) is 12.1. The molecule has 3 nitrogen and oxygen atoms in total. The average molecular weight is 226 g/mol. The largest absolute Gasteiger partial charge is 0.480 e. The van der Waals surface area contributed by atoms with Gasteiger partial charge in [-0.2, -0.15) is 12.6 Å². The van der Waals surface area contributed by atoms with Crippen LogP contribution in [0, 0.1) is 0 Å². The number of aliphatic carboxylic acids is 1. The van der Waals surface area contributed by atoms with Crippen molar-refractivity contribution in [1.29, 1.82) is 0 Å². The lowest BCUT2D eigenvalue weighted by Crippen LogP contribution is -2.16. The van der Waals surface area contributed by atoms with Crippen molar-refractivity contribution in [3.8, 4) is 0 Å². The summed E-state index contributed by atoms with van der Waals surface area (Å²) < 4.78 is 5.00. The molecule has 0 heterocycles. The summed E-state index contributed by atoms with van der Waals surface area (Å²) in [5, 5.41) is 8.06. The van der Waals surface area contributed by atoms with Crippen LogP contribution < -0.4 is 0 Å². The second-order valence-electron chi connectivity index (χ2n) is 3.31. The molecule has 0 bridgehead atoms. The van der Waals surface area contributed by atoms with Crippen LogP contribution in [0.15, 0.2) is 24.3 Å². The van der Waals surface area contributed by atoms with E-state index >= 15 is 0 Å². The fraction of sp³-hybridized carbons (Fsp3) is 0.364. The van der Waals surface area contributed by atoms with Gasteiger partial charge in [-0.05, 0) is 17.5 Å². The first-order chi connectivity index (χ1) is 7.13. The smallest absolute Gasteiger partial charge is 0.316 e. The highest BCUT2D eigenvalue weighted by Crippen LogP contribution is 2.11. The molecule has 0 aliphatic heterocycles. The van der Waals surface area contributed by atoms with E-state index in [9.17, 15) is 4.79 Å². The lowest BCUT2D eigenvalue weighted by Gasteiger charge is -2.07. The maximum atomic E-state index is 10.6. The molecule has 0 spiro atoms. The topological polar surface area (TPSA) is 46.5 Å². The summed E-state index contributed by atoms with van der Waals surface area (Å²) in [6.07, 6.45) is 0.427. The Balaban J connectivity index is 2.68. The van der Waals surface area contributed by atoms with Crippen molar-refractivity contribution in [2.45, 2.75) is 18.3 Å². The summed E-state index contributed by atoms with van der Waals surface area (Å²) in [5.74, 6) is -0.893. The SMILES string of the molecule is COCc1cccc(CC(S)C(=O)O)c1. The summed E-state index contributed by atoms with van der Waals surface area (Å²) in [6.45, 7) is 0.540. The van der Waals surface area contributed by atoms with E-state index < -0.39 is 11.2 Å². The van der Waals surface area contributed by atoms with E-state index in [1.165, 1.54) is 0 Å². The fourth-order valence-corrected chi connectivity index (χ4v) is 1.53. The third-order valence-corrected chi connectivity index (χ3v) is 2.42. The molecule has 1 aromatic carbocycles. The number of carbonyl (C=O) groups is 1. The third-order valence-electron chi connectivity index (χ3n) is 2.02. The summed E-state index contributed by atoms with van der Waals surface area (Å²) in [6, 6.07) is 7.67. The van der Waals surface area contributed by atoms with Crippen molar-refractivity contribution in [1.82, 2.24) is 0 Å². The number of carboxylic acid groups (broad SMARTS) is 1. The molecule has 0 saturated carbocycles. The van der Waals surface area contributed by atoms with Crippen molar-refractivity contribution < 1.29 is 14.6 Å². The van der Waals surface area contributed by atoms with Crippen molar-refractivity contribution in [2.75, 3.05) is 7.11 Å². The molecule has 0 aromatic heterocycles. The Morgan fingerprint density at radius 1 is 1.53 bits per heavy atom. The summed E-state index contributed by atoms with van der Waals surface area (Å²) in [4.78, 5) is 10.6. The van der Waals surface area contributed by atoms with E-state index in [1.807, 2.05) is 24.3 Å². The second kappa shape index (κ2) is 5.78. The zero-order chi connectivity index (χ0) is 11.3. The van der Waals surface area contributed by atoms with E-state index in [2.05, 4.69) is 12.6 Å². The molecule has 1 N–H and O–H groups in total. The minimum Gasteiger partial charge on any atom is -0.480 e. The lowest BCUT2D eigenvalue weighted by atomic mass is 10.1. The van der Waals surface area contributed by atoms with Crippen LogP contribution in [0.1, 0.15) is 11.1 Å². The number of thiol groups is 1. The molecule has 0 aliphatic carbocycles. The van der Waals surface area contributed by atoms with E-state index in [4.69, 9.17) is 9.84 Å². The molecule has 1 aromatic rings. The van der Waals surface area contributed by atoms with Crippen molar-refractivity contribution in [3.63, 3.8) is 0 Å². The molecule has 0 amide bonds. The molecule has 82 valence electrons. The Hall–Kier alpha value is -1.00. The molecule has 1 unspecified atom stereocenters. The Labute approximate surface area is 94.5 Å². The molecule has 0 radical (unpaired) electrons. The van der Waals surface area contributed by atoms with E-state index in [-0.39, 0.29) is 0 Å². The maximum absolute atomic E-state index is 10.6. The van der Waals surface area contributed by atoms with E-state index in [0.717, 1.165) is 11.1 Å². The maximum Gasteiger partial charge on any atom is 0.316 e. The number of carboxylic acids is 1. The van der Waals surface area contributed by atoms with Crippen LogP contribution >= 0.6 is 12.6 Å². The number of methoxy groups -OCH3 is 1. The molecule has 1 atom stereocenters. The van der Waals surface area contributed by atoms with Crippen LogP contribution in [-0.2, 0) is 22.6 Å². The number of rotatable bonds is 5. The Bertz CT molecular complexity index is 338. The highest BCUT2D eigenvalue weighted by atomic mass is 32.1. The zero-order valence-corrected chi connectivity index (χ0v) is 9.41. The van der Waals surface area contributed by atoms with Gasteiger partial charge in [-0.25, -0.2) is 0 Å². The number of ether oxygens (including phenoxy) is 1. The second-order valence-corrected chi connectivity index (χ2v) is 3.93. The first-order valence-electron chi connectivity index (χ1n) is 4.61. The van der Waals surface area contributed by atoms with Gasteiger partial charge in [0.05, 0.1) is 6.61 Å². The zero-order valence-electron chi connectivity index (χ0n) is 8.51. The van der Waals surface area contributed by atoms with Crippen LogP contribution in [-0.4, -0.2) is 23.4 Å². The van der Waals surface area contributed by atoms with Crippen LogP contribution in [0.2, 0.25) is 0 Å². The number of benzene rings is 1.